The highest BCUT2D eigenvalue weighted by atomic mass is 19.1. The Bertz CT molecular complexity index is 1110. The number of hydrogen-bond donors (Lipinski definition) is 4. The lowest BCUT2D eigenvalue weighted by Gasteiger charge is -2.23. The molecule has 2 atom stereocenters. The molecule has 9 heteroatoms. The van der Waals surface area contributed by atoms with Crippen LogP contribution in [0.5, 0.6) is 0 Å². The van der Waals surface area contributed by atoms with Crippen molar-refractivity contribution in [2.75, 3.05) is 10.6 Å². The van der Waals surface area contributed by atoms with E-state index in [0.29, 0.717) is 16.9 Å². The monoisotopic (exact) mass is 440 g/mol. The lowest BCUT2D eigenvalue weighted by Crippen LogP contribution is -2.38. The van der Waals surface area contributed by atoms with Crippen LogP contribution >= 0.6 is 0 Å². The fourth-order valence-corrected chi connectivity index (χ4v) is 3.29. The first-order valence-corrected chi connectivity index (χ1v) is 10.3. The Kier molecular flexibility index (Phi) is 7.32. The molecule has 32 heavy (non-hydrogen) atoms. The molecule has 0 aliphatic rings. The Balaban J connectivity index is 1.97. The van der Waals surface area contributed by atoms with Gasteiger partial charge >= 0.3 is 0 Å². The highest BCUT2D eigenvalue weighted by Gasteiger charge is 2.20. The topological polar surface area (TPSA) is 119 Å². The normalized spacial score (nSPS) is 12.8. The lowest BCUT2D eigenvalue weighted by atomic mass is 10.1. The zero-order chi connectivity index (χ0) is 23.3. The number of nitrogens with two attached hydrogens (primary N) is 2. The van der Waals surface area contributed by atoms with Crippen molar-refractivity contribution in [2.45, 2.75) is 38.8 Å². The zero-order valence-corrected chi connectivity index (χ0v) is 17.9. The number of carbonyl (C=O) groups excluding carboxylic acids is 1. The quantitative estimate of drug-likeness (QED) is 0.396. The number of nitrogens with zero attached hydrogens (tertiary/aromatic N) is 2. The minimum atomic E-state index is -0.842. The van der Waals surface area contributed by atoms with Gasteiger partial charge in [-0.05, 0) is 43.7 Å². The Morgan fingerprint density at radius 3 is 2.53 bits per heavy atom. The molecule has 2 aromatic heterocycles. The number of benzene rings is 1. The number of hydrogen-bond acceptors (Lipinski definition) is 6. The molecule has 0 unspecified atom stereocenters. The van der Waals surface area contributed by atoms with Crippen LogP contribution in [0.1, 0.15) is 37.0 Å². The molecule has 0 radical (unpaired) electrons. The van der Waals surface area contributed by atoms with Crippen molar-refractivity contribution in [3.63, 3.8) is 0 Å². The Morgan fingerprint density at radius 1 is 1.12 bits per heavy atom. The van der Waals surface area contributed by atoms with Crippen molar-refractivity contribution in [3.8, 4) is 11.3 Å². The van der Waals surface area contributed by atoms with Gasteiger partial charge in [0.2, 0.25) is 0 Å². The molecule has 6 N–H and O–H groups in total. The van der Waals surface area contributed by atoms with Crippen LogP contribution in [0, 0.1) is 11.6 Å². The number of pyridine rings is 2. The second-order valence-electron chi connectivity index (χ2n) is 7.51. The van der Waals surface area contributed by atoms with Crippen molar-refractivity contribution in [2.24, 2.45) is 11.5 Å². The van der Waals surface area contributed by atoms with E-state index in [4.69, 9.17) is 11.5 Å². The van der Waals surface area contributed by atoms with E-state index in [1.807, 2.05) is 13.8 Å². The molecule has 0 saturated heterocycles. The highest BCUT2D eigenvalue weighted by Crippen LogP contribution is 2.27. The van der Waals surface area contributed by atoms with Crippen molar-refractivity contribution in [1.29, 1.82) is 0 Å². The van der Waals surface area contributed by atoms with Crippen LogP contribution in [0.2, 0.25) is 0 Å². The molecule has 0 fully saturated rings. The summed E-state index contributed by atoms with van der Waals surface area (Å²) in [5.74, 6) is -1.96. The first kappa shape index (κ1) is 23.1. The first-order chi connectivity index (χ1) is 15.3. The van der Waals surface area contributed by atoms with Crippen molar-refractivity contribution >= 4 is 23.2 Å². The number of carbonyl (C=O) groups is 1. The van der Waals surface area contributed by atoms with Crippen LogP contribution in [-0.2, 0) is 0 Å². The van der Waals surface area contributed by atoms with E-state index >= 15 is 0 Å². The van der Waals surface area contributed by atoms with Gasteiger partial charge < -0.3 is 22.1 Å². The molecule has 2 heterocycles. The lowest BCUT2D eigenvalue weighted by molar-refractivity contribution is 0.100. The summed E-state index contributed by atoms with van der Waals surface area (Å²) in [7, 11) is 0. The van der Waals surface area contributed by atoms with Crippen LogP contribution in [0.3, 0.4) is 0 Å². The molecule has 0 aliphatic heterocycles. The van der Waals surface area contributed by atoms with Gasteiger partial charge in [-0.1, -0.05) is 25.5 Å². The van der Waals surface area contributed by atoms with Crippen molar-refractivity contribution < 1.29 is 13.6 Å². The van der Waals surface area contributed by atoms with Gasteiger partial charge in [0.15, 0.2) is 11.6 Å². The first-order valence-electron chi connectivity index (χ1n) is 10.3. The maximum absolute atomic E-state index is 14.7. The average molecular weight is 440 g/mol. The minimum absolute atomic E-state index is 0.0448. The van der Waals surface area contributed by atoms with Gasteiger partial charge in [0, 0.05) is 29.5 Å². The summed E-state index contributed by atoms with van der Waals surface area (Å²) in [6.45, 7) is 3.82. The van der Waals surface area contributed by atoms with E-state index in [1.54, 1.807) is 30.3 Å². The number of halogens is 2. The predicted octanol–water partition coefficient (Wildman–Crippen LogP) is 4.19. The Morgan fingerprint density at radius 2 is 1.88 bits per heavy atom. The maximum atomic E-state index is 14.7. The van der Waals surface area contributed by atoms with E-state index < -0.39 is 17.5 Å². The second kappa shape index (κ2) is 10.1. The fourth-order valence-electron chi connectivity index (χ4n) is 3.29. The molecule has 0 spiro atoms. The van der Waals surface area contributed by atoms with E-state index in [0.717, 1.165) is 18.9 Å². The van der Waals surface area contributed by atoms with Gasteiger partial charge in [-0.3, -0.25) is 9.78 Å². The van der Waals surface area contributed by atoms with Crippen LogP contribution in [0.25, 0.3) is 11.3 Å². The largest absolute Gasteiger partial charge is 0.365 e. The van der Waals surface area contributed by atoms with Crippen LogP contribution in [0.4, 0.5) is 26.1 Å². The summed E-state index contributed by atoms with van der Waals surface area (Å²) >= 11 is 0. The number of amides is 1. The van der Waals surface area contributed by atoms with Crippen molar-refractivity contribution in [3.05, 3.63) is 65.9 Å². The van der Waals surface area contributed by atoms with Gasteiger partial charge in [0.25, 0.3) is 5.91 Å². The van der Waals surface area contributed by atoms with Gasteiger partial charge in [0.05, 0.1) is 11.3 Å². The average Bonchev–Trinajstić information content (AvgIpc) is 2.75. The minimum Gasteiger partial charge on any atom is -0.365 e. The van der Waals surface area contributed by atoms with E-state index in [2.05, 4.69) is 20.6 Å². The smallest absolute Gasteiger partial charge is 0.252 e. The molecule has 0 saturated carbocycles. The molecule has 1 aromatic carbocycles. The van der Waals surface area contributed by atoms with E-state index in [1.165, 1.54) is 12.3 Å². The molecule has 0 aliphatic carbocycles. The van der Waals surface area contributed by atoms with E-state index in [-0.39, 0.29) is 29.3 Å². The van der Waals surface area contributed by atoms with Crippen LogP contribution in [-0.4, -0.2) is 28.0 Å². The van der Waals surface area contributed by atoms with Crippen LogP contribution < -0.4 is 22.1 Å². The van der Waals surface area contributed by atoms with E-state index in [9.17, 15) is 13.6 Å². The van der Waals surface area contributed by atoms with Crippen molar-refractivity contribution in [1.82, 2.24) is 9.97 Å². The summed E-state index contributed by atoms with van der Waals surface area (Å²) in [6, 6.07) is 10.0. The second-order valence-corrected chi connectivity index (χ2v) is 7.51. The summed E-state index contributed by atoms with van der Waals surface area (Å²) in [4.78, 5) is 20.4. The maximum Gasteiger partial charge on any atom is 0.252 e. The summed E-state index contributed by atoms with van der Waals surface area (Å²) in [6.07, 6.45) is 3.06. The number of anilines is 3. The number of nitrogens with one attached hydrogen (secondary N) is 2. The van der Waals surface area contributed by atoms with Crippen LogP contribution in [0.15, 0.2) is 48.7 Å². The van der Waals surface area contributed by atoms with Gasteiger partial charge in [-0.15, -0.1) is 0 Å². The molecule has 3 rings (SSSR count). The molecular formula is C23H26F2N6O. The Hall–Kier alpha value is -3.59. The summed E-state index contributed by atoms with van der Waals surface area (Å²) < 4.78 is 28.8. The number of aromatic nitrogens is 2. The zero-order valence-electron chi connectivity index (χ0n) is 17.9. The third-order valence-electron chi connectivity index (χ3n) is 4.97. The molecule has 1 amide bonds. The highest BCUT2D eigenvalue weighted by molar-refractivity contribution is 5.98. The summed E-state index contributed by atoms with van der Waals surface area (Å²) in [5, 5.41) is 5.99. The molecule has 0 bridgehead atoms. The number of primary amides is 1. The molecular weight excluding hydrogens is 414 g/mol. The summed E-state index contributed by atoms with van der Waals surface area (Å²) in [5.41, 5.74) is 12.5. The van der Waals surface area contributed by atoms with Gasteiger partial charge in [-0.2, -0.15) is 0 Å². The third kappa shape index (κ3) is 5.36. The molecule has 7 nitrogen and oxygen atoms in total. The predicted molar refractivity (Wildman–Crippen MR) is 122 cm³/mol. The molecule has 168 valence electrons. The SMILES string of the molecule is CCC[C@@H](Nc1nc(Nc2ccnc(-c3ccccc3F)c2)c(C(N)=O)cc1F)[C@H](C)N. The third-order valence-corrected chi connectivity index (χ3v) is 4.97. The Labute approximate surface area is 185 Å². The van der Waals surface area contributed by atoms with Gasteiger partial charge in [-0.25, -0.2) is 13.8 Å². The fraction of sp³-hybridized carbons (Fsp3) is 0.261. The standard InChI is InChI=1S/C23H26F2N6O/c1-3-6-19(13(2)26)30-23-18(25)12-16(21(27)32)22(31-23)29-14-9-10-28-20(11-14)15-7-4-5-8-17(15)24/h4-5,7-13,19H,3,6,26H2,1-2H3,(H2,27,32)(H2,28,29,30,31)/t13-,19+/m0/s1. The van der Waals surface area contributed by atoms with Gasteiger partial charge in [0.1, 0.15) is 11.6 Å². The molecule has 3 aromatic rings. The number of rotatable bonds is 9.